The van der Waals surface area contributed by atoms with Crippen molar-refractivity contribution < 1.29 is 23.8 Å². The highest BCUT2D eigenvalue weighted by molar-refractivity contribution is 5.95. The lowest BCUT2D eigenvalue weighted by molar-refractivity contribution is -0.240. The SMILES string of the molecule is CC(=O)OC1=CC2=CC(=O)[C@H]3C(CCC4(C)C3CCC43OCCO3)C2(C)CC1. The molecular weight excluding hydrogens is 356 g/mol. The highest BCUT2D eigenvalue weighted by Crippen LogP contribution is 2.67. The zero-order valence-electron chi connectivity index (χ0n) is 17.1. The first kappa shape index (κ1) is 18.6. The van der Waals surface area contributed by atoms with E-state index in [1.165, 1.54) is 6.92 Å². The summed E-state index contributed by atoms with van der Waals surface area (Å²) in [7, 11) is 0. The average molecular weight is 386 g/mol. The van der Waals surface area contributed by atoms with E-state index in [-0.39, 0.29) is 28.5 Å². The van der Waals surface area contributed by atoms with Crippen LogP contribution in [0.25, 0.3) is 0 Å². The van der Waals surface area contributed by atoms with Gasteiger partial charge in [0.25, 0.3) is 0 Å². The second kappa shape index (κ2) is 6.02. The Kier molecular flexibility index (Phi) is 3.99. The Morgan fingerprint density at radius 1 is 1.07 bits per heavy atom. The Balaban J connectivity index is 1.51. The summed E-state index contributed by atoms with van der Waals surface area (Å²) >= 11 is 0. The first-order valence-corrected chi connectivity index (χ1v) is 10.7. The molecule has 0 aromatic carbocycles. The molecule has 5 aliphatic rings. The van der Waals surface area contributed by atoms with E-state index in [1.54, 1.807) is 0 Å². The van der Waals surface area contributed by atoms with Gasteiger partial charge in [0.15, 0.2) is 11.6 Å². The van der Waals surface area contributed by atoms with Crippen LogP contribution in [0.3, 0.4) is 0 Å². The number of fused-ring (bicyclic) bond motifs is 6. The lowest BCUT2D eigenvalue weighted by atomic mass is 9.48. The number of carbonyl (C=O) groups is 2. The topological polar surface area (TPSA) is 61.8 Å². The Labute approximate surface area is 166 Å². The molecule has 4 unspecified atom stereocenters. The molecule has 0 amide bonds. The molecule has 0 bridgehead atoms. The number of ketones is 1. The summed E-state index contributed by atoms with van der Waals surface area (Å²) in [6, 6.07) is 0. The molecule has 1 heterocycles. The van der Waals surface area contributed by atoms with E-state index in [9.17, 15) is 9.59 Å². The van der Waals surface area contributed by atoms with E-state index in [0.717, 1.165) is 44.1 Å². The molecule has 28 heavy (non-hydrogen) atoms. The minimum absolute atomic E-state index is 0.0311. The number of esters is 1. The molecule has 5 nitrogen and oxygen atoms in total. The van der Waals surface area contributed by atoms with E-state index in [0.29, 0.717) is 30.8 Å². The van der Waals surface area contributed by atoms with Gasteiger partial charge in [-0.15, -0.1) is 0 Å². The summed E-state index contributed by atoms with van der Waals surface area (Å²) in [6.45, 7) is 7.35. The molecule has 1 saturated heterocycles. The van der Waals surface area contributed by atoms with Gasteiger partial charge in [-0.05, 0) is 60.7 Å². The maximum atomic E-state index is 13.3. The standard InChI is InChI=1S/C23H30O5/c1-14(24)28-16-4-7-21(2)15(12-16)13-19(25)20-17(21)5-8-22(3)18(20)6-9-23(22)26-10-11-27-23/h12-13,17-18,20H,4-11H2,1-3H3/t17?,18?,20-,21?,22?/m0/s1. The summed E-state index contributed by atoms with van der Waals surface area (Å²) in [5.41, 5.74) is 0.928. The van der Waals surface area contributed by atoms with E-state index in [2.05, 4.69) is 13.8 Å². The predicted molar refractivity (Wildman–Crippen MR) is 102 cm³/mol. The van der Waals surface area contributed by atoms with Crippen molar-refractivity contribution in [1.29, 1.82) is 0 Å². The summed E-state index contributed by atoms with van der Waals surface area (Å²) in [6.07, 6.45) is 9.42. The molecule has 4 aliphatic carbocycles. The quantitative estimate of drug-likeness (QED) is 0.639. The van der Waals surface area contributed by atoms with Gasteiger partial charge in [0, 0.05) is 31.1 Å². The Morgan fingerprint density at radius 2 is 1.79 bits per heavy atom. The molecule has 0 radical (unpaired) electrons. The molecule has 0 aromatic rings. The van der Waals surface area contributed by atoms with Gasteiger partial charge in [-0.25, -0.2) is 0 Å². The fraction of sp³-hybridized carbons (Fsp3) is 0.739. The van der Waals surface area contributed by atoms with Crippen molar-refractivity contribution in [3.63, 3.8) is 0 Å². The average Bonchev–Trinajstić information content (AvgIpc) is 3.23. The largest absolute Gasteiger partial charge is 0.431 e. The van der Waals surface area contributed by atoms with Crippen molar-refractivity contribution in [3.8, 4) is 0 Å². The molecule has 5 rings (SSSR count). The minimum atomic E-state index is -0.483. The van der Waals surface area contributed by atoms with Crippen LogP contribution in [-0.4, -0.2) is 30.8 Å². The van der Waals surface area contributed by atoms with E-state index in [4.69, 9.17) is 14.2 Å². The van der Waals surface area contributed by atoms with Crippen LogP contribution in [0.1, 0.15) is 59.3 Å². The van der Waals surface area contributed by atoms with Crippen molar-refractivity contribution in [2.75, 3.05) is 13.2 Å². The molecular formula is C23H30O5. The van der Waals surface area contributed by atoms with Crippen LogP contribution in [0.5, 0.6) is 0 Å². The highest BCUT2D eigenvalue weighted by Gasteiger charge is 2.67. The highest BCUT2D eigenvalue weighted by atomic mass is 16.7. The number of rotatable bonds is 1. The third-order valence-corrected chi connectivity index (χ3v) is 8.65. The van der Waals surface area contributed by atoms with Crippen LogP contribution in [0.2, 0.25) is 0 Å². The van der Waals surface area contributed by atoms with Crippen LogP contribution >= 0.6 is 0 Å². The summed E-state index contributed by atoms with van der Waals surface area (Å²) in [4.78, 5) is 24.7. The van der Waals surface area contributed by atoms with Crippen molar-refractivity contribution in [2.24, 2.45) is 28.6 Å². The van der Waals surface area contributed by atoms with E-state index in [1.807, 2.05) is 12.2 Å². The van der Waals surface area contributed by atoms with Crippen molar-refractivity contribution >= 4 is 11.8 Å². The lowest BCUT2D eigenvalue weighted by Gasteiger charge is -2.56. The predicted octanol–water partition coefficient (Wildman–Crippen LogP) is 3.93. The van der Waals surface area contributed by atoms with Gasteiger partial charge in [0.2, 0.25) is 0 Å². The molecule has 5 atom stereocenters. The molecule has 152 valence electrons. The summed E-state index contributed by atoms with van der Waals surface area (Å²) in [5.74, 6) is 0.845. The molecule has 0 N–H and O–H groups in total. The van der Waals surface area contributed by atoms with E-state index < -0.39 is 5.79 Å². The van der Waals surface area contributed by atoms with Gasteiger partial charge in [0.05, 0.1) is 13.2 Å². The Bertz CT molecular complexity index is 789. The lowest BCUT2D eigenvalue weighted by Crippen LogP contribution is -2.56. The molecule has 2 saturated carbocycles. The van der Waals surface area contributed by atoms with E-state index >= 15 is 0 Å². The van der Waals surface area contributed by atoms with Crippen molar-refractivity contribution in [1.82, 2.24) is 0 Å². The third kappa shape index (κ3) is 2.32. The fourth-order valence-electron chi connectivity index (χ4n) is 7.20. The molecule has 3 fully saturated rings. The smallest absolute Gasteiger partial charge is 0.307 e. The first-order valence-electron chi connectivity index (χ1n) is 10.7. The fourth-order valence-corrected chi connectivity index (χ4v) is 7.20. The normalized spacial score (nSPS) is 43.7. The summed E-state index contributed by atoms with van der Waals surface area (Å²) in [5, 5.41) is 0. The zero-order chi connectivity index (χ0) is 19.7. The third-order valence-electron chi connectivity index (χ3n) is 8.65. The molecule has 1 aliphatic heterocycles. The minimum Gasteiger partial charge on any atom is -0.431 e. The van der Waals surface area contributed by atoms with Crippen LogP contribution < -0.4 is 0 Å². The van der Waals surface area contributed by atoms with Gasteiger partial charge < -0.3 is 14.2 Å². The van der Waals surface area contributed by atoms with Crippen molar-refractivity contribution in [2.45, 2.75) is 65.1 Å². The molecule has 0 aromatic heterocycles. The van der Waals surface area contributed by atoms with Crippen molar-refractivity contribution in [3.05, 3.63) is 23.5 Å². The maximum absolute atomic E-state index is 13.3. The van der Waals surface area contributed by atoms with Gasteiger partial charge in [0.1, 0.15) is 5.76 Å². The number of hydrogen-bond donors (Lipinski definition) is 0. The Morgan fingerprint density at radius 3 is 2.50 bits per heavy atom. The first-order chi connectivity index (χ1) is 13.3. The van der Waals surface area contributed by atoms with Crippen LogP contribution in [0.4, 0.5) is 0 Å². The van der Waals surface area contributed by atoms with Crippen LogP contribution in [0.15, 0.2) is 23.5 Å². The maximum Gasteiger partial charge on any atom is 0.307 e. The molecule has 1 spiro atoms. The second-order valence-electron chi connectivity index (χ2n) is 9.81. The van der Waals surface area contributed by atoms with Gasteiger partial charge in [-0.2, -0.15) is 0 Å². The van der Waals surface area contributed by atoms with Gasteiger partial charge in [-0.1, -0.05) is 13.8 Å². The number of carbonyl (C=O) groups excluding carboxylic acids is 2. The summed E-state index contributed by atoms with van der Waals surface area (Å²) < 4.78 is 17.7. The van der Waals surface area contributed by atoms with Gasteiger partial charge >= 0.3 is 5.97 Å². The number of hydrogen-bond acceptors (Lipinski definition) is 5. The van der Waals surface area contributed by atoms with Crippen LogP contribution in [-0.2, 0) is 23.8 Å². The molecule has 5 heteroatoms. The monoisotopic (exact) mass is 386 g/mol. The Hall–Kier alpha value is -1.46. The number of allylic oxidation sites excluding steroid dienone is 4. The number of ether oxygens (including phenoxy) is 3. The second-order valence-corrected chi connectivity index (χ2v) is 9.81. The van der Waals surface area contributed by atoms with Gasteiger partial charge in [-0.3, -0.25) is 9.59 Å². The van der Waals surface area contributed by atoms with Crippen LogP contribution in [0, 0.1) is 28.6 Å². The zero-order valence-corrected chi connectivity index (χ0v) is 17.1.